The lowest BCUT2D eigenvalue weighted by Crippen LogP contribution is -2.29. The molecule has 0 aromatic heterocycles. The average molecular weight is 322 g/mol. The van der Waals surface area contributed by atoms with Crippen molar-refractivity contribution in [3.8, 4) is 11.5 Å². The van der Waals surface area contributed by atoms with Crippen LogP contribution in [0, 0.1) is 11.8 Å². The number of ketones is 1. The van der Waals surface area contributed by atoms with Gasteiger partial charge in [-0.1, -0.05) is 27.7 Å². The Balaban J connectivity index is 2.77. The number of hydrogen-bond acceptors (Lipinski definition) is 5. The van der Waals surface area contributed by atoms with Crippen LogP contribution >= 0.6 is 0 Å². The molecule has 128 valence electrons. The lowest BCUT2D eigenvalue weighted by molar-refractivity contribution is -0.152. The van der Waals surface area contributed by atoms with Gasteiger partial charge in [0.25, 0.3) is 0 Å². The highest BCUT2D eigenvalue weighted by molar-refractivity contribution is 6.06. The maximum atomic E-state index is 12.2. The number of rotatable bonds is 8. The van der Waals surface area contributed by atoms with Crippen LogP contribution in [0.2, 0.25) is 0 Å². The van der Waals surface area contributed by atoms with Gasteiger partial charge in [-0.15, -0.1) is 0 Å². The zero-order chi connectivity index (χ0) is 17.6. The van der Waals surface area contributed by atoms with Crippen molar-refractivity contribution in [3.63, 3.8) is 0 Å². The first-order valence-electron chi connectivity index (χ1n) is 7.74. The number of carbonyl (C=O) groups is 2. The van der Waals surface area contributed by atoms with Crippen LogP contribution in [0.1, 0.15) is 44.5 Å². The first-order chi connectivity index (χ1) is 10.8. The minimum atomic E-state index is -0.503. The zero-order valence-electron chi connectivity index (χ0n) is 14.7. The fourth-order valence-corrected chi connectivity index (χ4v) is 2.48. The third-order valence-corrected chi connectivity index (χ3v) is 3.59. The first-order valence-corrected chi connectivity index (χ1v) is 7.74. The number of benzene rings is 1. The second-order valence-electron chi connectivity index (χ2n) is 6.11. The summed E-state index contributed by atoms with van der Waals surface area (Å²) in [4.78, 5) is 24.3. The Morgan fingerprint density at radius 3 is 2.00 bits per heavy atom. The lowest BCUT2D eigenvalue weighted by Gasteiger charge is -2.24. The van der Waals surface area contributed by atoms with Crippen molar-refractivity contribution in [1.82, 2.24) is 0 Å². The number of esters is 1. The van der Waals surface area contributed by atoms with Gasteiger partial charge in [-0.05, 0) is 30.0 Å². The van der Waals surface area contributed by atoms with Gasteiger partial charge in [-0.3, -0.25) is 9.59 Å². The van der Waals surface area contributed by atoms with Crippen LogP contribution in [0.25, 0.3) is 0 Å². The molecule has 0 bridgehead atoms. The van der Waals surface area contributed by atoms with E-state index in [9.17, 15) is 9.59 Å². The fourth-order valence-electron chi connectivity index (χ4n) is 2.48. The van der Waals surface area contributed by atoms with Crippen LogP contribution in [-0.4, -0.2) is 32.1 Å². The topological polar surface area (TPSA) is 61.8 Å². The molecule has 0 fully saturated rings. The molecule has 5 heteroatoms. The van der Waals surface area contributed by atoms with E-state index in [1.165, 1.54) is 14.2 Å². The summed E-state index contributed by atoms with van der Waals surface area (Å²) in [5.41, 5.74) is 0.394. The summed E-state index contributed by atoms with van der Waals surface area (Å²) < 4.78 is 15.7. The van der Waals surface area contributed by atoms with Crippen molar-refractivity contribution in [1.29, 1.82) is 0 Å². The van der Waals surface area contributed by atoms with Gasteiger partial charge >= 0.3 is 5.97 Å². The Labute approximate surface area is 137 Å². The van der Waals surface area contributed by atoms with Gasteiger partial charge in [-0.25, -0.2) is 0 Å². The summed E-state index contributed by atoms with van der Waals surface area (Å²) in [6, 6.07) is 4.82. The van der Waals surface area contributed by atoms with Crippen LogP contribution in [-0.2, 0) is 9.53 Å². The van der Waals surface area contributed by atoms with Crippen LogP contribution < -0.4 is 9.47 Å². The zero-order valence-corrected chi connectivity index (χ0v) is 14.7. The molecule has 0 aliphatic heterocycles. The van der Waals surface area contributed by atoms with E-state index in [-0.39, 0.29) is 30.1 Å². The summed E-state index contributed by atoms with van der Waals surface area (Å²) in [6.07, 6.45) is -0.480. The number of methoxy groups -OCH3 is 2. The Bertz CT molecular complexity index is 540. The van der Waals surface area contributed by atoms with E-state index in [4.69, 9.17) is 14.2 Å². The van der Waals surface area contributed by atoms with Crippen molar-refractivity contribution in [2.45, 2.75) is 40.2 Å². The second kappa shape index (κ2) is 8.56. The Hall–Kier alpha value is -2.04. The molecule has 0 N–H and O–H groups in total. The molecule has 0 saturated carbocycles. The highest BCUT2D eigenvalue weighted by Gasteiger charge is 2.23. The van der Waals surface area contributed by atoms with E-state index in [1.807, 2.05) is 27.7 Å². The number of ether oxygens (including phenoxy) is 3. The minimum absolute atomic E-state index is 0.194. The summed E-state index contributed by atoms with van der Waals surface area (Å²) in [7, 11) is 3.02. The van der Waals surface area contributed by atoms with Gasteiger partial charge in [0, 0.05) is 5.56 Å². The van der Waals surface area contributed by atoms with Crippen molar-refractivity contribution in [2.75, 3.05) is 14.2 Å². The fraction of sp³-hybridized carbons (Fsp3) is 0.556. The van der Waals surface area contributed by atoms with Gasteiger partial charge in [0.15, 0.2) is 17.3 Å². The summed E-state index contributed by atoms with van der Waals surface area (Å²) >= 11 is 0. The van der Waals surface area contributed by atoms with Gasteiger partial charge in [-0.2, -0.15) is 0 Å². The van der Waals surface area contributed by atoms with E-state index in [0.717, 1.165) is 0 Å². The van der Waals surface area contributed by atoms with Crippen LogP contribution in [0.3, 0.4) is 0 Å². The van der Waals surface area contributed by atoms with E-state index in [2.05, 4.69) is 0 Å². The Kier molecular flexibility index (Phi) is 7.07. The molecule has 1 rings (SSSR count). The largest absolute Gasteiger partial charge is 0.493 e. The van der Waals surface area contributed by atoms with Crippen molar-refractivity contribution in [2.24, 2.45) is 11.8 Å². The van der Waals surface area contributed by atoms with Crippen molar-refractivity contribution in [3.05, 3.63) is 23.8 Å². The quantitative estimate of drug-likeness (QED) is 0.416. The Morgan fingerprint density at radius 2 is 1.52 bits per heavy atom. The molecule has 23 heavy (non-hydrogen) atoms. The molecule has 1 aromatic carbocycles. The van der Waals surface area contributed by atoms with Gasteiger partial charge in [0.05, 0.1) is 14.2 Å². The molecular weight excluding hydrogens is 296 g/mol. The molecule has 0 heterocycles. The standard InChI is InChI=1S/C18H26O5/c1-11(2)18(12(3)4)23-17(20)10-14(19)13-7-8-15(21-5)16(9-13)22-6/h7-9,11-12,18H,10H2,1-6H3. The number of Topliss-reactive ketones (excluding diaryl/α,β-unsaturated/α-hetero) is 1. The lowest BCUT2D eigenvalue weighted by atomic mass is 9.96. The predicted octanol–water partition coefficient (Wildman–Crippen LogP) is 3.50. The Morgan fingerprint density at radius 1 is 0.957 bits per heavy atom. The maximum absolute atomic E-state index is 12.2. The van der Waals surface area contributed by atoms with E-state index >= 15 is 0 Å². The molecule has 0 atom stereocenters. The molecule has 0 amide bonds. The molecule has 0 radical (unpaired) electrons. The molecule has 0 aliphatic carbocycles. The van der Waals surface area contributed by atoms with E-state index < -0.39 is 5.97 Å². The summed E-state index contributed by atoms with van der Waals surface area (Å²) in [5.74, 6) is 0.588. The third-order valence-electron chi connectivity index (χ3n) is 3.59. The molecule has 0 unspecified atom stereocenters. The molecule has 0 saturated heterocycles. The average Bonchev–Trinajstić information content (AvgIpc) is 2.51. The van der Waals surface area contributed by atoms with Crippen LogP contribution in [0.5, 0.6) is 11.5 Å². The summed E-state index contributed by atoms with van der Waals surface area (Å²) in [5, 5.41) is 0. The smallest absolute Gasteiger partial charge is 0.313 e. The highest BCUT2D eigenvalue weighted by Crippen LogP contribution is 2.28. The number of carbonyl (C=O) groups excluding carboxylic acids is 2. The molecule has 0 aliphatic rings. The SMILES string of the molecule is COc1ccc(C(=O)CC(=O)OC(C(C)C)C(C)C)cc1OC. The summed E-state index contributed by atoms with van der Waals surface area (Å²) in [6.45, 7) is 7.98. The third kappa shape index (κ3) is 5.27. The van der Waals surface area contributed by atoms with E-state index in [1.54, 1.807) is 18.2 Å². The second-order valence-corrected chi connectivity index (χ2v) is 6.11. The van der Waals surface area contributed by atoms with Gasteiger partial charge < -0.3 is 14.2 Å². The van der Waals surface area contributed by atoms with E-state index in [0.29, 0.717) is 17.1 Å². The molecule has 5 nitrogen and oxygen atoms in total. The van der Waals surface area contributed by atoms with Crippen LogP contribution in [0.4, 0.5) is 0 Å². The minimum Gasteiger partial charge on any atom is -0.493 e. The molecular formula is C18H26O5. The predicted molar refractivity (Wildman–Crippen MR) is 88.0 cm³/mol. The highest BCUT2D eigenvalue weighted by atomic mass is 16.5. The van der Waals surface area contributed by atoms with Gasteiger partial charge in [0.2, 0.25) is 0 Å². The molecule has 1 aromatic rings. The monoisotopic (exact) mass is 322 g/mol. The first kappa shape index (κ1) is 19.0. The van der Waals surface area contributed by atoms with Crippen molar-refractivity contribution >= 4 is 11.8 Å². The van der Waals surface area contributed by atoms with Gasteiger partial charge in [0.1, 0.15) is 12.5 Å². The van der Waals surface area contributed by atoms with Crippen molar-refractivity contribution < 1.29 is 23.8 Å². The number of hydrogen-bond donors (Lipinski definition) is 0. The normalized spacial score (nSPS) is 11.0. The van der Waals surface area contributed by atoms with Crippen LogP contribution in [0.15, 0.2) is 18.2 Å². The maximum Gasteiger partial charge on any atom is 0.313 e. The molecule has 0 spiro atoms.